The van der Waals surface area contributed by atoms with Gasteiger partial charge < -0.3 is 5.32 Å². The Balaban J connectivity index is 2.43. The van der Waals surface area contributed by atoms with Crippen molar-refractivity contribution in [2.45, 2.75) is 33.2 Å². The van der Waals surface area contributed by atoms with E-state index in [1.807, 2.05) is 11.7 Å². The smallest absolute Gasteiger partial charge is 0.0872 e. The lowest BCUT2D eigenvalue weighted by atomic mass is 9.99. The first-order valence-corrected chi connectivity index (χ1v) is 6.78. The Hall–Kier alpha value is -1.35. The molecule has 1 N–H and O–H groups in total. The fraction of sp³-hybridized carbons (Fsp3) is 0.533. The summed E-state index contributed by atoms with van der Waals surface area (Å²) in [5, 5.41) is 9.55. The molecule has 0 amide bonds. The van der Waals surface area contributed by atoms with Crippen LogP contribution in [0.25, 0.3) is 10.9 Å². The normalized spacial score (nSPS) is 13.4. The molecule has 0 spiro atoms. The average molecular weight is 245 g/mol. The van der Waals surface area contributed by atoms with E-state index in [0.717, 1.165) is 13.0 Å². The summed E-state index contributed by atoms with van der Waals surface area (Å²) in [6.45, 7) is 7.64. The van der Waals surface area contributed by atoms with Gasteiger partial charge in [-0.2, -0.15) is 5.10 Å². The van der Waals surface area contributed by atoms with Gasteiger partial charge in [0.05, 0.1) is 17.3 Å². The van der Waals surface area contributed by atoms with Gasteiger partial charge in [-0.3, -0.25) is 4.68 Å². The third kappa shape index (κ3) is 2.56. The van der Waals surface area contributed by atoms with E-state index in [-0.39, 0.29) is 0 Å². The van der Waals surface area contributed by atoms with Crippen LogP contribution in [-0.4, -0.2) is 16.3 Å². The Kier molecular flexibility index (Phi) is 4.02. The van der Waals surface area contributed by atoms with Crippen molar-refractivity contribution in [2.24, 2.45) is 13.0 Å². The minimum atomic E-state index is 0.348. The molecule has 1 atom stereocenters. The summed E-state index contributed by atoms with van der Waals surface area (Å²) in [5.41, 5.74) is 2.39. The fourth-order valence-electron chi connectivity index (χ4n) is 2.51. The van der Waals surface area contributed by atoms with E-state index in [0.29, 0.717) is 12.0 Å². The van der Waals surface area contributed by atoms with E-state index in [9.17, 15) is 0 Å². The Bertz CT molecular complexity index is 513. The van der Waals surface area contributed by atoms with Gasteiger partial charge in [-0.15, -0.1) is 0 Å². The van der Waals surface area contributed by atoms with Gasteiger partial charge in [-0.25, -0.2) is 0 Å². The van der Waals surface area contributed by atoms with E-state index in [4.69, 9.17) is 5.10 Å². The number of para-hydroxylation sites is 1. The maximum atomic E-state index is 4.72. The van der Waals surface area contributed by atoms with Crippen LogP contribution >= 0.6 is 0 Å². The van der Waals surface area contributed by atoms with Crippen molar-refractivity contribution in [3.8, 4) is 0 Å². The average Bonchev–Trinajstić information content (AvgIpc) is 2.67. The third-order valence-electron chi connectivity index (χ3n) is 3.27. The van der Waals surface area contributed by atoms with E-state index >= 15 is 0 Å². The van der Waals surface area contributed by atoms with Crippen LogP contribution < -0.4 is 5.32 Å². The van der Waals surface area contributed by atoms with E-state index in [1.54, 1.807) is 0 Å². The molecule has 0 fully saturated rings. The maximum absolute atomic E-state index is 4.72. The van der Waals surface area contributed by atoms with Gasteiger partial charge in [0, 0.05) is 12.4 Å². The number of nitrogens with one attached hydrogen (secondary N) is 1. The van der Waals surface area contributed by atoms with Gasteiger partial charge in [0.1, 0.15) is 0 Å². The van der Waals surface area contributed by atoms with Gasteiger partial charge in [0.2, 0.25) is 0 Å². The number of hydrogen-bond donors (Lipinski definition) is 1. The highest BCUT2D eigenvalue weighted by Gasteiger charge is 2.18. The summed E-state index contributed by atoms with van der Waals surface area (Å²) in [6, 6.07) is 8.80. The molecule has 2 rings (SSSR count). The van der Waals surface area contributed by atoms with Crippen molar-refractivity contribution < 1.29 is 0 Å². The third-order valence-corrected chi connectivity index (χ3v) is 3.27. The summed E-state index contributed by atoms with van der Waals surface area (Å²) in [5.74, 6) is 0.662. The molecule has 3 heteroatoms. The lowest BCUT2D eigenvalue weighted by Gasteiger charge is -2.18. The Morgan fingerprint density at radius 2 is 2.00 bits per heavy atom. The van der Waals surface area contributed by atoms with Crippen molar-refractivity contribution in [1.82, 2.24) is 15.1 Å². The van der Waals surface area contributed by atoms with Crippen molar-refractivity contribution in [1.29, 1.82) is 0 Å². The molecule has 98 valence electrons. The highest BCUT2D eigenvalue weighted by molar-refractivity contribution is 5.82. The molecule has 0 saturated carbocycles. The van der Waals surface area contributed by atoms with Crippen LogP contribution in [0.4, 0.5) is 0 Å². The quantitative estimate of drug-likeness (QED) is 0.876. The molecule has 0 saturated heterocycles. The first-order valence-electron chi connectivity index (χ1n) is 6.78. The lowest BCUT2D eigenvalue weighted by Crippen LogP contribution is -2.23. The van der Waals surface area contributed by atoms with Crippen LogP contribution in [0, 0.1) is 5.92 Å². The van der Waals surface area contributed by atoms with Crippen molar-refractivity contribution in [2.75, 3.05) is 6.54 Å². The number of hydrogen-bond acceptors (Lipinski definition) is 2. The van der Waals surface area contributed by atoms with Crippen LogP contribution in [0.1, 0.15) is 38.9 Å². The predicted molar refractivity (Wildman–Crippen MR) is 76.6 cm³/mol. The van der Waals surface area contributed by atoms with Gasteiger partial charge in [0.25, 0.3) is 0 Å². The molecule has 2 aromatic rings. The zero-order valence-electron chi connectivity index (χ0n) is 11.8. The highest BCUT2D eigenvalue weighted by atomic mass is 15.3. The van der Waals surface area contributed by atoms with Gasteiger partial charge >= 0.3 is 0 Å². The van der Waals surface area contributed by atoms with Gasteiger partial charge in [0.15, 0.2) is 0 Å². The first kappa shape index (κ1) is 13.1. The van der Waals surface area contributed by atoms with Crippen molar-refractivity contribution in [3.05, 3.63) is 30.0 Å². The highest BCUT2D eigenvalue weighted by Crippen LogP contribution is 2.27. The minimum Gasteiger partial charge on any atom is -0.309 e. The van der Waals surface area contributed by atoms with Crippen LogP contribution in [0.5, 0.6) is 0 Å². The molecular weight excluding hydrogens is 222 g/mol. The van der Waals surface area contributed by atoms with Crippen molar-refractivity contribution in [3.63, 3.8) is 0 Å². The lowest BCUT2D eigenvalue weighted by molar-refractivity contribution is 0.429. The number of aromatic nitrogens is 2. The Morgan fingerprint density at radius 3 is 2.67 bits per heavy atom. The first-order chi connectivity index (χ1) is 8.63. The standard InChI is InChI=1S/C15H23N3/c1-5-16-13(10-11(2)3)15-12-8-6-7-9-14(12)18(4)17-15/h6-9,11,13,16H,5,10H2,1-4H3. The summed E-state index contributed by atoms with van der Waals surface area (Å²) < 4.78 is 1.98. The second-order valence-electron chi connectivity index (χ2n) is 5.27. The molecular formula is C15H23N3. The molecule has 0 aliphatic rings. The summed E-state index contributed by atoms with van der Waals surface area (Å²) in [6.07, 6.45) is 1.12. The van der Waals surface area contributed by atoms with E-state index in [1.165, 1.54) is 16.6 Å². The molecule has 1 aromatic carbocycles. The van der Waals surface area contributed by atoms with E-state index < -0.39 is 0 Å². The van der Waals surface area contributed by atoms with Crippen LogP contribution in [-0.2, 0) is 7.05 Å². The van der Waals surface area contributed by atoms with Gasteiger partial charge in [-0.1, -0.05) is 39.0 Å². The molecule has 0 aliphatic heterocycles. The number of benzene rings is 1. The zero-order valence-corrected chi connectivity index (χ0v) is 11.8. The molecule has 1 aromatic heterocycles. The summed E-state index contributed by atoms with van der Waals surface area (Å²) in [7, 11) is 2.02. The van der Waals surface area contributed by atoms with Crippen LogP contribution in [0.3, 0.4) is 0 Å². The van der Waals surface area contributed by atoms with Crippen molar-refractivity contribution >= 4 is 10.9 Å². The number of fused-ring (bicyclic) bond motifs is 1. The molecule has 3 nitrogen and oxygen atoms in total. The molecule has 1 heterocycles. The number of rotatable bonds is 5. The predicted octanol–water partition coefficient (Wildman–Crippen LogP) is 3.27. The topological polar surface area (TPSA) is 29.9 Å². The van der Waals surface area contributed by atoms with Crippen LogP contribution in [0.15, 0.2) is 24.3 Å². The van der Waals surface area contributed by atoms with Crippen LogP contribution in [0.2, 0.25) is 0 Å². The van der Waals surface area contributed by atoms with E-state index in [2.05, 4.69) is 50.4 Å². The number of nitrogens with zero attached hydrogens (tertiary/aromatic N) is 2. The molecule has 0 radical (unpaired) electrons. The second-order valence-corrected chi connectivity index (χ2v) is 5.27. The monoisotopic (exact) mass is 245 g/mol. The fourth-order valence-corrected chi connectivity index (χ4v) is 2.51. The molecule has 1 unspecified atom stereocenters. The zero-order chi connectivity index (χ0) is 13.1. The van der Waals surface area contributed by atoms with Gasteiger partial charge in [-0.05, 0) is 24.9 Å². The molecule has 0 bridgehead atoms. The SMILES string of the molecule is CCNC(CC(C)C)c1nn(C)c2ccccc12. The Morgan fingerprint density at radius 1 is 1.28 bits per heavy atom. The maximum Gasteiger partial charge on any atom is 0.0872 e. The Labute approximate surface area is 109 Å². The summed E-state index contributed by atoms with van der Waals surface area (Å²) >= 11 is 0. The largest absolute Gasteiger partial charge is 0.309 e. The number of aryl methyl sites for hydroxylation is 1. The molecule has 0 aliphatic carbocycles. The minimum absolute atomic E-state index is 0.348. The molecule has 18 heavy (non-hydrogen) atoms. The second kappa shape index (κ2) is 5.53. The summed E-state index contributed by atoms with van der Waals surface area (Å²) in [4.78, 5) is 0.